The lowest BCUT2D eigenvalue weighted by Crippen LogP contribution is -2.45. The largest absolute Gasteiger partial charge is 0.284 e. The summed E-state index contributed by atoms with van der Waals surface area (Å²) in [6.07, 6.45) is 5.06. The first-order chi connectivity index (χ1) is 14.5. The third-order valence-corrected chi connectivity index (χ3v) is 6.24. The van der Waals surface area contributed by atoms with E-state index in [1.165, 1.54) is 12.8 Å². The SMILES string of the molecule is Cl.O=C(NN1CCCCCC1)C1=NN(c2ccc(Cl)cc2Cl)[C@@H](c2ccc(Cl)cc2)C1. The van der Waals surface area contributed by atoms with Crippen LogP contribution < -0.4 is 10.4 Å². The quantitative estimate of drug-likeness (QED) is 0.535. The van der Waals surface area contributed by atoms with Crippen LogP contribution in [0.1, 0.15) is 43.7 Å². The molecule has 0 aromatic heterocycles. The molecule has 1 amide bonds. The van der Waals surface area contributed by atoms with Gasteiger partial charge in [0.2, 0.25) is 0 Å². The molecule has 0 saturated carbocycles. The average molecular weight is 502 g/mol. The molecule has 1 atom stereocenters. The molecule has 2 aromatic carbocycles. The van der Waals surface area contributed by atoms with Crippen LogP contribution in [0.2, 0.25) is 15.1 Å². The van der Waals surface area contributed by atoms with E-state index in [4.69, 9.17) is 34.8 Å². The van der Waals surface area contributed by atoms with Crippen LogP contribution in [0.15, 0.2) is 47.6 Å². The summed E-state index contributed by atoms with van der Waals surface area (Å²) in [5.74, 6) is -0.163. The van der Waals surface area contributed by atoms with Crippen molar-refractivity contribution >= 4 is 64.5 Å². The second kappa shape index (κ2) is 10.9. The first-order valence-corrected chi connectivity index (χ1v) is 11.3. The summed E-state index contributed by atoms with van der Waals surface area (Å²) < 4.78 is 0. The lowest BCUT2D eigenvalue weighted by molar-refractivity contribution is -0.119. The van der Waals surface area contributed by atoms with E-state index in [1.807, 2.05) is 35.3 Å². The van der Waals surface area contributed by atoms with E-state index in [-0.39, 0.29) is 24.4 Å². The number of nitrogens with one attached hydrogen (secondary N) is 1. The second-order valence-electron chi connectivity index (χ2n) is 7.60. The zero-order chi connectivity index (χ0) is 21.1. The Bertz CT molecular complexity index is 943. The Balaban J connectivity index is 0.00000272. The molecule has 1 saturated heterocycles. The van der Waals surface area contributed by atoms with Crippen molar-refractivity contribution in [2.24, 2.45) is 5.10 Å². The van der Waals surface area contributed by atoms with Crippen LogP contribution in [0.5, 0.6) is 0 Å². The van der Waals surface area contributed by atoms with Crippen LogP contribution in [0.25, 0.3) is 0 Å². The molecule has 31 heavy (non-hydrogen) atoms. The lowest BCUT2D eigenvalue weighted by atomic mass is 10.0. The first-order valence-electron chi connectivity index (χ1n) is 10.1. The summed E-state index contributed by atoms with van der Waals surface area (Å²) in [4.78, 5) is 13.0. The highest BCUT2D eigenvalue weighted by atomic mass is 35.5. The van der Waals surface area contributed by atoms with E-state index < -0.39 is 0 Å². The van der Waals surface area contributed by atoms with Gasteiger partial charge in [0.1, 0.15) is 5.71 Å². The fraction of sp³-hybridized carbons (Fsp3) is 0.364. The number of nitrogens with zero attached hydrogens (tertiary/aromatic N) is 3. The number of carbonyl (C=O) groups excluding carboxylic acids is 1. The third kappa shape index (κ3) is 5.85. The van der Waals surface area contributed by atoms with Gasteiger partial charge in [-0.25, -0.2) is 5.01 Å². The zero-order valence-corrected chi connectivity index (χ0v) is 19.9. The summed E-state index contributed by atoms with van der Waals surface area (Å²) in [5, 5.41) is 10.2. The lowest BCUT2D eigenvalue weighted by Gasteiger charge is -2.25. The minimum absolute atomic E-state index is 0. The number of hydrazine groups is 1. The molecular formula is C22H24Cl4N4O. The topological polar surface area (TPSA) is 47.9 Å². The molecule has 0 aliphatic carbocycles. The van der Waals surface area contributed by atoms with Crippen molar-refractivity contribution in [3.05, 3.63) is 63.1 Å². The van der Waals surface area contributed by atoms with Crippen molar-refractivity contribution < 1.29 is 4.79 Å². The molecule has 2 heterocycles. The highest BCUT2D eigenvalue weighted by Gasteiger charge is 2.34. The molecule has 9 heteroatoms. The number of halogens is 4. The molecule has 2 aliphatic rings. The number of anilines is 1. The van der Waals surface area contributed by atoms with E-state index in [0.717, 1.165) is 31.5 Å². The fourth-order valence-electron chi connectivity index (χ4n) is 3.87. The third-order valence-electron chi connectivity index (χ3n) is 5.45. The molecule has 2 aliphatic heterocycles. The van der Waals surface area contributed by atoms with Gasteiger partial charge in [0.15, 0.2) is 0 Å². The number of hydrazone groups is 1. The second-order valence-corrected chi connectivity index (χ2v) is 8.88. The minimum atomic E-state index is -0.163. The Morgan fingerprint density at radius 1 is 0.935 bits per heavy atom. The van der Waals surface area contributed by atoms with E-state index in [0.29, 0.717) is 32.9 Å². The van der Waals surface area contributed by atoms with Crippen LogP contribution in [-0.2, 0) is 4.79 Å². The Labute approximate surface area is 203 Å². The van der Waals surface area contributed by atoms with Gasteiger partial charge in [0, 0.05) is 29.6 Å². The fourth-order valence-corrected chi connectivity index (χ4v) is 4.49. The molecule has 1 fully saturated rings. The van der Waals surface area contributed by atoms with E-state index >= 15 is 0 Å². The molecule has 0 spiro atoms. The van der Waals surface area contributed by atoms with Gasteiger partial charge in [-0.2, -0.15) is 5.10 Å². The van der Waals surface area contributed by atoms with E-state index in [1.54, 1.807) is 17.1 Å². The predicted octanol–water partition coefficient (Wildman–Crippen LogP) is 6.28. The smallest absolute Gasteiger partial charge is 0.281 e. The van der Waals surface area contributed by atoms with E-state index in [2.05, 4.69) is 10.5 Å². The molecule has 2 aromatic rings. The normalized spacial score (nSPS) is 19.4. The van der Waals surface area contributed by atoms with Gasteiger partial charge in [0.05, 0.1) is 16.8 Å². The maximum absolute atomic E-state index is 13.0. The monoisotopic (exact) mass is 500 g/mol. The first kappa shape index (κ1) is 24.1. The Morgan fingerprint density at radius 3 is 2.23 bits per heavy atom. The maximum atomic E-state index is 13.0. The van der Waals surface area contributed by atoms with Gasteiger partial charge < -0.3 is 0 Å². The molecule has 4 rings (SSSR count). The highest BCUT2D eigenvalue weighted by Crippen LogP contribution is 2.39. The van der Waals surface area contributed by atoms with Crippen molar-refractivity contribution in [2.75, 3.05) is 18.1 Å². The van der Waals surface area contributed by atoms with Crippen LogP contribution >= 0.6 is 47.2 Å². The molecule has 0 unspecified atom stereocenters. The van der Waals surface area contributed by atoms with Crippen molar-refractivity contribution in [1.82, 2.24) is 10.4 Å². The van der Waals surface area contributed by atoms with Gasteiger partial charge in [0.25, 0.3) is 5.91 Å². The Kier molecular flexibility index (Phi) is 8.48. The summed E-state index contributed by atoms with van der Waals surface area (Å²) in [6, 6.07) is 12.7. The van der Waals surface area contributed by atoms with Gasteiger partial charge >= 0.3 is 0 Å². The highest BCUT2D eigenvalue weighted by molar-refractivity contribution is 6.40. The van der Waals surface area contributed by atoms with Gasteiger partial charge in [-0.05, 0) is 48.7 Å². The standard InChI is InChI=1S/C22H23Cl3N4O.ClH/c23-16-7-5-15(6-8-16)21-14-19(22(30)27-28-11-3-1-2-4-12-28)26-29(21)20-10-9-17(24)13-18(20)25;/h5-10,13,21H,1-4,11-12,14H2,(H,27,30);1H/t21-;/m1./s1. The van der Waals surface area contributed by atoms with Crippen LogP contribution in [0.3, 0.4) is 0 Å². The summed E-state index contributed by atoms with van der Waals surface area (Å²) >= 11 is 18.6. The molecule has 1 N–H and O–H groups in total. The summed E-state index contributed by atoms with van der Waals surface area (Å²) in [5.41, 5.74) is 5.23. The maximum Gasteiger partial charge on any atom is 0.281 e. The van der Waals surface area contributed by atoms with Crippen molar-refractivity contribution in [2.45, 2.75) is 38.1 Å². The van der Waals surface area contributed by atoms with Crippen LogP contribution in [0.4, 0.5) is 5.69 Å². The number of hydrogen-bond donors (Lipinski definition) is 1. The molecule has 166 valence electrons. The summed E-state index contributed by atoms with van der Waals surface area (Å²) in [7, 11) is 0. The Morgan fingerprint density at radius 2 is 1.58 bits per heavy atom. The van der Waals surface area contributed by atoms with E-state index in [9.17, 15) is 4.79 Å². The Hall–Kier alpha value is -1.50. The summed E-state index contributed by atoms with van der Waals surface area (Å²) in [6.45, 7) is 1.73. The number of amides is 1. The minimum Gasteiger partial charge on any atom is -0.284 e. The van der Waals surface area contributed by atoms with Crippen molar-refractivity contribution in [1.29, 1.82) is 0 Å². The molecular weight excluding hydrogens is 478 g/mol. The van der Waals surface area contributed by atoms with Gasteiger partial charge in [-0.15, -0.1) is 12.4 Å². The van der Waals surface area contributed by atoms with Crippen molar-refractivity contribution in [3.63, 3.8) is 0 Å². The van der Waals surface area contributed by atoms with Crippen LogP contribution in [-0.4, -0.2) is 29.7 Å². The zero-order valence-electron chi connectivity index (χ0n) is 16.9. The number of hydrogen-bond acceptors (Lipinski definition) is 4. The van der Waals surface area contributed by atoms with Crippen LogP contribution in [0, 0.1) is 0 Å². The molecule has 0 bridgehead atoms. The van der Waals surface area contributed by atoms with Gasteiger partial charge in [-0.3, -0.25) is 15.2 Å². The van der Waals surface area contributed by atoms with Crippen molar-refractivity contribution in [3.8, 4) is 0 Å². The molecule has 0 radical (unpaired) electrons. The van der Waals surface area contributed by atoms with Gasteiger partial charge in [-0.1, -0.05) is 59.8 Å². The number of rotatable bonds is 4. The average Bonchev–Trinajstić information content (AvgIpc) is 3.00. The predicted molar refractivity (Wildman–Crippen MR) is 131 cm³/mol. The number of benzene rings is 2. The number of carbonyl (C=O) groups is 1. The molecule has 5 nitrogen and oxygen atoms in total.